The molecule has 1 aromatic rings. The molecule has 0 heterocycles. The second-order valence-corrected chi connectivity index (χ2v) is 5.97. The van der Waals surface area contributed by atoms with E-state index in [2.05, 4.69) is 15.9 Å². The molecule has 0 aliphatic heterocycles. The lowest BCUT2D eigenvalue weighted by molar-refractivity contribution is -0.154. The molecule has 0 unspecified atom stereocenters. The maximum atomic E-state index is 12.3. The van der Waals surface area contributed by atoms with Crippen LogP contribution >= 0.6 is 15.9 Å². The fourth-order valence-electron chi connectivity index (χ4n) is 2.34. The second kappa shape index (κ2) is 6.39. The number of nitrogens with zero attached hydrogens (tertiary/aromatic N) is 1. The predicted molar refractivity (Wildman–Crippen MR) is 79.0 cm³/mol. The van der Waals surface area contributed by atoms with Gasteiger partial charge >= 0.3 is 5.97 Å². The highest BCUT2D eigenvalue weighted by Gasteiger charge is 2.35. The molecule has 20 heavy (non-hydrogen) atoms. The van der Waals surface area contributed by atoms with Crippen LogP contribution in [-0.4, -0.2) is 30.9 Å². The predicted octanol–water partition coefficient (Wildman–Crippen LogP) is 2.92. The first-order valence-corrected chi connectivity index (χ1v) is 7.44. The Hall–Kier alpha value is -1.36. The average molecular weight is 340 g/mol. The van der Waals surface area contributed by atoms with Gasteiger partial charge in [-0.3, -0.25) is 4.79 Å². The van der Waals surface area contributed by atoms with Gasteiger partial charge in [-0.2, -0.15) is 0 Å². The summed E-state index contributed by atoms with van der Waals surface area (Å²) in [6, 6.07) is 6.69. The minimum Gasteiger partial charge on any atom is -0.467 e. The van der Waals surface area contributed by atoms with E-state index in [-0.39, 0.29) is 11.8 Å². The molecule has 5 heteroatoms. The zero-order valence-corrected chi connectivity index (χ0v) is 13.2. The van der Waals surface area contributed by atoms with Gasteiger partial charge in [0, 0.05) is 17.4 Å². The Morgan fingerprint density at radius 3 is 2.35 bits per heavy atom. The standard InChI is InChI=1S/C15H18BrNO3/c1-17(14(18)11-4-3-5-11)13(15(19)20-2)10-6-8-12(16)9-7-10/h6-9,11,13H,3-5H2,1-2H3/t13-/m0/s1. The molecule has 1 aromatic carbocycles. The molecule has 0 N–H and O–H groups in total. The fourth-order valence-corrected chi connectivity index (χ4v) is 2.61. The first-order valence-electron chi connectivity index (χ1n) is 6.64. The molecule has 0 saturated heterocycles. The zero-order valence-electron chi connectivity index (χ0n) is 11.6. The van der Waals surface area contributed by atoms with Crippen LogP contribution in [0, 0.1) is 5.92 Å². The van der Waals surface area contributed by atoms with Crippen LogP contribution in [0.1, 0.15) is 30.9 Å². The number of ether oxygens (including phenoxy) is 1. The van der Waals surface area contributed by atoms with Crippen molar-refractivity contribution in [3.63, 3.8) is 0 Å². The molecule has 1 aliphatic rings. The lowest BCUT2D eigenvalue weighted by atomic mass is 9.84. The summed E-state index contributed by atoms with van der Waals surface area (Å²) in [7, 11) is 3.01. The number of likely N-dealkylation sites (N-methyl/N-ethyl adjacent to an activating group) is 1. The smallest absolute Gasteiger partial charge is 0.333 e. The minimum absolute atomic E-state index is 0.0227. The molecule has 1 aliphatic carbocycles. The maximum absolute atomic E-state index is 12.3. The van der Waals surface area contributed by atoms with Gasteiger partial charge in [0.2, 0.25) is 5.91 Å². The van der Waals surface area contributed by atoms with E-state index >= 15 is 0 Å². The van der Waals surface area contributed by atoms with Gasteiger partial charge in [-0.25, -0.2) is 4.79 Å². The Kier molecular flexibility index (Phi) is 4.81. The lowest BCUT2D eigenvalue weighted by Crippen LogP contribution is -2.41. The molecule has 1 atom stereocenters. The summed E-state index contributed by atoms with van der Waals surface area (Å²) in [5.74, 6) is -0.334. The normalized spacial score (nSPS) is 16.1. The molecule has 1 fully saturated rings. The van der Waals surface area contributed by atoms with Crippen molar-refractivity contribution in [1.82, 2.24) is 4.90 Å². The molecule has 4 nitrogen and oxygen atoms in total. The van der Waals surface area contributed by atoms with E-state index in [1.165, 1.54) is 12.0 Å². The number of halogens is 1. The van der Waals surface area contributed by atoms with Gasteiger partial charge in [-0.05, 0) is 30.5 Å². The van der Waals surface area contributed by atoms with Gasteiger partial charge in [0.25, 0.3) is 0 Å². The number of carbonyl (C=O) groups is 2. The fraction of sp³-hybridized carbons (Fsp3) is 0.467. The van der Waals surface area contributed by atoms with Crippen molar-refractivity contribution in [2.75, 3.05) is 14.2 Å². The van der Waals surface area contributed by atoms with Gasteiger partial charge < -0.3 is 9.64 Å². The van der Waals surface area contributed by atoms with Crippen molar-refractivity contribution in [2.24, 2.45) is 5.92 Å². The molecule has 0 radical (unpaired) electrons. The summed E-state index contributed by atoms with van der Waals surface area (Å²) in [5, 5.41) is 0. The first kappa shape index (κ1) is 15.0. The zero-order chi connectivity index (χ0) is 14.7. The monoisotopic (exact) mass is 339 g/mol. The van der Waals surface area contributed by atoms with E-state index in [4.69, 9.17) is 4.74 Å². The number of hydrogen-bond acceptors (Lipinski definition) is 3. The molecule has 0 aromatic heterocycles. The molecule has 2 rings (SSSR count). The summed E-state index contributed by atoms with van der Waals surface area (Å²) in [6.45, 7) is 0. The van der Waals surface area contributed by atoms with Crippen LogP contribution in [0.5, 0.6) is 0 Å². The van der Waals surface area contributed by atoms with Crippen molar-refractivity contribution < 1.29 is 14.3 Å². The summed E-state index contributed by atoms with van der Waals surface area (Å²) in [6.07, 6.45) is 2.92. The third kappa shape index (κ3) is 3.03. The van der Waals surface area contributed by atoms with Crippen LogP contribution in [-0.2, 0) is 14.3 Å². The summed E-state index contributed by atoms with van der Waals surface area (Å²) >= 11 is 3.36. The van der Waals surface area contributed by atoms with E-state index in [0.29, 0.717) is 0 Å². The van der Waals surface area contributed by atoms with Gasteiger partial charge in [-0.1, -0.05) is 34.5 Å². The Bertz CT molecular complexity index is 496. The van der Waals surface area contributed by atoms with Crippen molar-refractivity contribution >= 4 is 27.8 Å². The number of benzene rings is 1. The lowest BCUT2D eigenvalue weighted by Gasteiger charge is -2.33. The Balaban J connectivity index is 2.24. The Morgan fingerprint density at radius 2 is 1.90 bits per heavy atom. The highest BCUT2D eigenvalue weighted by molar-refractivity contribution is 9.10. The molecule has 1 amide bonds. The van der Waals surface area contributed by atoms with Crippen LogP contribution in [0.2, 0.25) is 0 Å². The summed E-state index contributed by atoms with van der Waals surface area (Å²) < 4.78 is 5.78. The van der Waals surface area contributed by atoms with Crippen LogP contribution in [0.4, 0.5) is 0 Å². The van der Waals surface area contributed by atoms with Crippen LogP contribution in [0.3, 0.4) is 0 Å². The highest BCUT2D eigenvalue weighted by Crippen LogP contribution is 2.31. The molecule has 0 spiro atoms. The number of carbonyl (C=O) groups excluding carboxylic acids is 2. The molecular formula is C15H18BrNO3. The third-order valence-electron chi connectivity index (χ3n) is 3.80. The third-order valence-corrected chi connectivity index (χ3v) is 4.33. The second-order valence-electron chi connectivity index (χ2n) is 5.05. The molecular weight excluding hydrogens is 322 g/mol. The van der Waals surface area contributed by atoms with E-state index < -0.39 is 12.0 Å². The maximum Gasteiger partial charge on any atom is 0.333 e. The average Bonchev–Trinajstić information content (AvgIpc) is 2.38. The Labute approximate surface area is 127 Å². The van der Waals surface area contributed by atoms with Gasteiger partial charge in [0.1, 0.15) is 0 Å². The summed E-state index contributed by atoms with van der Waals surface area (Å²) in [5.41, 5.74) is 0.759. The van der Waals surface area contributed by atoms with Crippen LogP contribution < -0.4 is 0 Å². The van der Waals surface area contributed by atoms with Crippen LogP contribution in [0.15, 0.2) is 28.7 Å². The number of hydrogen-bond donors (Lipinski definition) is 0. The number of amides is 1. The minimum atomic E-state index is -0.679. The van der Waals surface area contributed by atoms with Gasteiger partial charge in [0.05, 0.1) is 7.11 Å². The van der Waals surface area contributed by atoms with Gasteiger partial charge in [0.15, 0.2) is 6.04 Å². The highest BCUT2D eigenvalue weighted by atomic mass is 79.9. The Morgan fingerprint density at radius 1 is 1.30 bits per heavy atom. The quantitative estimate of drug-likeness (QED) is 0.792. The van der Waals surface area contributed by atoms with E-state index in [1.807, 2.05) is 24.3 Å². The van der Waals surface area contributed by atoms with Crippen molar-refractivity contribution in [3.05, 3.63) is 34.3 Å². The van der Waals surface area contributed by atoms with E-state index in [9.17, 15) is 9.59 Å². The SMILES string of the molecule is COC(=O)[C@H](c1ccc(Br)cc1)N(C)C(=O)C1CCC1. The molecule has 0 bridgehead atoms. The van der Waals surface area contributed by atoms with Crippen molar-refractivity contribution in [1.29, 1.82) is 0 Å². The molecule has 108 valence electrons. The summed E-state index contributed by atoms with van der Waals surface area (Å²) in [4.78, 5) is 25.9. The van der Waals surface area contributed by atoms with Gasteiger partial charge in [-0.15, -0.1) is 0 Å². The number of rotatable bonds is 4. The number of methoxy groups -OCH3 is 1. The largest absolute Gasteiger partial charge is 0.467 e. The van der Waals surface area contributed by atoms with Crippen molar-refractivity contribution in [2.45, 2.75) is 25.3 Å². The number of esters is 1. The van der Waals surface area contributed by atoms with E-state index in [1.54, 1.807) is 7.05 Å². The van der Waals surface area contributed by atoms with Crippen LogP contribution in [0.25, 0.3) is 0 Å². The van der Waals surface area contributed by atoms with Crippen molar-refractivity contribution in [3.8, 4) is 0 Å². The molecule has 1 saturated carbocycles. The van der Waals surface area contributed by atoms with E-state index in [0.717, 1.165) is 29.3 Å². The first-order chi connectivity index (χ1) is 9.54. The topological polar surface area (TPSA) is 46.6 Å².